The molecule has 8 heteroatoms. The summed E-state index contributed by atoms with van der Waals surface area (Å²) in [7, 11) is 1.35. The highest BCUT2D eigenvalue weighted by molar-refractivity contribution is 14.1. The molecule has 1 aliphatic heterocycles. The molecule has 0 spiro atoms. The third kappa shape index (κ3) is 3.80. The van der Waals surface area contributed by atoms with Crippen LogP contribution in [0, 0.1) is 0 Å². The molecule has 1 unspecified atom stereocenters. The van der Waals surface area contributed by atoms with E-state index in [0.717, 1.165) is 5.56 Å². The molecule has 120 valence electrons. The fourth-order valence-corrected chi connectivity index (χ4v) is 3.44. The summed E-state index contributed by atoms with van der Waals surface area (Å²) in [6.45, 7) is 0.411. The molecule has 0 saturated heterocycles. The Morgan fingerprint density at radius 3 is 2.55 bits per heavy atom. The first kappa shape index (κ1) is 18.1. The molecule has 0 fully saturated rings. The van der Waals surface area contributed by atoms with Crippen LogP contribution in [0.2, 0.25) is 0 Å². The Hall–Kier alpha value is -0.240. The second kappa shape index (κ2) is 7.11. The lowest BCUT2D eigenvalue weighted by molar-refractivity contribution is 0.0600. The fourth-order valence-electron chi connectivity index (χ4n) is 2.16. The number of alkyl halides is 4. The van der Waals surface area contributed by atoms with Gasteiger partial charge in [0.2, 0.25) is 5.90 Å². The van der Waals surface area contributed by atoms with E-state index in [1.807, 2.05) is 12.1 Å². The Morgan fingerprint density at radius 1 is 1.41 bits per heavy atom. The van der Waals surface area contributed by atoms with Crippen molar-refractivity contribution in [3.8, 4) is 0 Å². The van der Waals surface area contributed by atoms with E-state index in [-0.39, 0.29) is 11.9 Å². The van der Waals surface area contributed by atoms with Crippen LogP contribution in [0.1, 0.15) is 22.3 Å². The molecule has 22 heavy (non-hydrogen) atoms. The second-order valence-electron chi connectivity index (χ2n) is 4.75. The third-order valence-corrected chi connectivity index (χ3v) is 5.12. The van der Waals surface area contributed by atoms with E-state index in [1.165, 1.54) is 7.11 Å². The normalized spacial score (nSPS) is 21.8. The van der Waals surface area contributed by atoms with Gasteiger partial charge < -0.3 is 9.47 Å². The topological polar surface area (TPSA) is 47.9 Å². The number of methoxy groups -OCH3 is 1. The molecule has 1 heterocycles. The Labute approximate surface area is 157 Å². The van der Waals surface area contributed by atoms with E-state index in [1.54, 1.807) is 12.1 Å². The largest absolute Gasteiger partial charge is 0.478 e. The lowest BCUT2D eigenvalue weighted by Gasteiger charge is -2.34. The predicted molar refractivity (Wildman–Crippen MR) is 96.6 cm³/mol. The van der Waals surface area contributed by atoms with Crippen molar-refractivity contribution in [3.63, 3.8) is 0 Å². The molecule has 0 radical (unpaired) electrons. The first-order valence-electron chi connectivity index (χ1n) is 6.37. The van der Waals surface area contributed by atoms with Gasteiger partial charge in [-0.15, -0.1) is 0 Å². The van der Waals surface area contributed by atoms with Gasteiger partial charge in [0.15, 0.2) is 0 Å². The van der Waals surface area contributed by atoms with Crippen molar-refractivity contribution in [2.24, 2.45) is 4.99 Å². The van der Waals surface area contributed by atoms with Gasteiger partial charge in [-0.25, -0.2) is 9.79 Å². The quantitative estimate of drug-likeness (QED) is 0.372. The minimum absolute atomic E-state index is 0.0949. The zero-order chi connectivity index (χ0) is 16.4. The zero-order valence-corrected chi connectivity index (χ0v) is 16.0. The van der Waals surface area contributed by atoms with Crippen LogP contribution in [0.5, 0.6) is 0 Å². The van der Waals surface area contributed by atoms with Crippen LogP contribution in [0.4, 0.5) is 0 Å². The lowest BCUT2D eigenvalue weighted by Crippen LogP contribution is -2.38. The average molecular weight is 477 g/mol. The maximum absolute atomic E-state index is 11.5. The summed E-state index contributed by atoms with van der Waals surface area (Å²) in [5.41, 5.74) is 0.879. The molecule has 0 N–H and O–H groups in total. The molecule has 1 aliphatic rings. The number of ether oxygens (including phenoxy) is 2. The van der Waals surface area contributed by atoms with Crippen LogP contribution in [-0.4, -0.2) is 33.8 Å². The Balaban J connectivity index is 2.40. The van der Waals surface area contributed by atoms with Crippen LogP contribution < -0.4 is 0 Å². The molecule has 2 rings (SSSR count). The fraction of sp³-hybridized carbons (Fsp3) is 0.429. The number of halogens is 4. The number of hydrogen-bond donors (Lipinski definition) is 0. The summed E-state index contributed by atoms with van der Waals surface area (Å²) >= 11 is 19.9. The van der Waals surface area contributed by atoms with Crippen molar-refractivity contribution in [3.05, 3.63) is 35.4 Å². The molecule has 4 nitrogen and oxygen atoms in total. The van der Waals surface area contributed by atoms with Crippen LogP contribution in [0.25, 0.3) is 0 Å². The van der Waals surface area contributed by atoms with E-state index >= 15 is 0 Å². The first-order chi connectivity index (χ1) is 10.3. The van der Waals surface area contributed by atoms with Crippen LogP contribution in [0.3, 0.4) is 0 Å². The van der Waals surface area contributed by atoms with Crippen molar-refractivity contribution in [2.45, 2.75) is 15.8 Å². The highest BCUT2D eigenvalue weighted by atomic mass is 127. The minimum atomic E-state index is -1.69. The van der Waals surface area contributed by atoms with Crippen molar-refractivity contribution in [1.82, 2.24) is 0 Å². The molecule has 0 bridgehead atoms. The molecule has 0 amide bonds. The molecule has 1 aromatic carbocycles. The smallest absolute Gasteiger partial charge is 0.337 e. The number of rotatable bonds is 3. The van der Waals surface area contributed by atoms with Crippen LogP contribution in [-0.2, 0) is 15.0 Å². The molecule has 0 aliphatic carbocycles. The number of hydrogen-bond acceptors (Lipinski definition) is 4. The van der Waals surface area contributed by atoms with E-state index in [0.29, 0.717) is 23.0 Å². The number of aliphatic imine (C=N–C) groups is 1. The summed E-state index contributed by atoms with van der Waals surface area (Å²) < 4.78 is 9.07. The minimum Gasteiger partial charge on any atom is -0.478 e. The first-order valence-corrected chi connectivity index (χ1v) is 9.03. The maximum atomic E-state index is 11.5. The summed E-state index contributed by atoms with van der Waals surface area (Å²) in [6, 6.07) is 7.09. The number of nitrogens with zero attached hydrogens (tertiary/aromatic N) is 1. The van der Waals surface area contributed by atoms with Gasteiger partial charge in [0.25, 0.3) is 3.79 Å². The van der Waals surface area contributed by atoms with Gasteiger partial charge in [-0.1, -0.05) is 69.5 Å². The summed E-state index contributed by atoms with van der Waals surface area (Å²) in [4.78, 5) is 16.1. The Kier molecular flexibility index (Phi) is 5.85. The second-order valence-corrected chi connectivity index (χ2v) is 7.79. The van der Waals surface area contributed by atoms with Crippen molar-refractivity contribution in [1.29, 1.82) is 0 Å². The van der Waals surface area contributed by atoms with Gasteiger partial charge in [-0.05, 0) is 17.7 Å². The highest BCUT2D eigenvalue weighted by Crippen LogP contribution is 2.39. The number of carbonyl (C=O) groups excluding carboxylic acids is 1. The molecular formula is C14H13Cl3INO3. The van der Waals surface area contributed by atoms with Crippen molar-refractivity contribution < 1.29 is 14.3 Å². The molecule has 0 aromatic heterocycles. The Morgan fingerprint density at radius 2 is 2.05 bits per heavy atom. The van der Waals surface area contributed by atoms with Gasteiger partial charge >= 0.3 is 5.97 Å². The monoisotopic (exact) mass is 475 g/mol. The molecule has 1 aromatic rings. The van der Waals surface area contributed by atoms with Gasteiger partial charge in [0.05, 0.1) is 19.3 Å². The zero-order valence-electron chi connectivity index (χ0n) is 11.6. The van der Waals surface area contributed by atoms with E-state index in [4.69, 9.17) is 44.3 Å². The third-order valence-electron chi connectivity index (χ3n) is 3.38. The lowest BCUT2D eigenvalue weighted by atomic mass is 9.88. The van der Waals surface area contributed by atoms with Crippen molar-refractivity contribution in [2.75, 3.05) is 18.1 Å². The van der Waals surface area contributed by atoms with Gasteiger partial charge in [0.1, 0.15) is 5.54 Å². The maximum Gasteiger partial charge on any atom is 0.337 e. The standard InChI is InChI=1S/C14H13Cl3INO3/c1-21-11(20)9-2-4-10(5-3-9)13(8-18)6-7-22-12(19-13)14(15,16)17/h2-5H,6-8H2,1H3. The number of benzene rings is 1. The van der Waals surface area contributed by atoms with Crippen LogP contribution in [0.15, 0.2) is 29.3 Å². The van der Waals surface area contributed by atoms with Gasteiger partial charge in [-0.3, -0.25) is 0 Å². The molecule has 0 saturated carbocycles. The van der Waals surface area contributed by atoms with E-state index in [2.05, 4.69) is 27.6 Å². The van der Waals surface area contributed by atoms with Crippen LogP contribution >= 0.6 is 57.4 Å². The average Bonchev–Trinajstić information content (AvgIpc) is 2.53. The summed E-state index contributed by atoms with van der Waals surface area (Å²) in [5.74, 6) is -0.287. The van der Waals surface area contributed by atoms with E-state index in [9.17, 15) is 4.79 Å². The van der Waals surface area contributed by atoms with Gasteiger partial charge in [-0.2, -0.15) is 0 Å². The molecule has 1 atom stereocenters. The van der Waals surface area contributed by atoms with E-state index < -0.39 is 9.33 Å². The summed E-state index contributed by atoms with van der Waals surface area (Å²) in [6.07, 6.45) is 0.664. The van der Waals surface area contributed by atoms with Gasteiger partial charge in [0, 0.05) is 10.8 Å². The Bertz CT molecular complexity index is 586. The molecular weight excluding hydrogens is 463 g/mol. The number of carbonyl (C=O) groups is 1. The summed E-state index contributed by atoms with van der Waals surface area (Å²) in [5, 5.41) is 0. The number of esters is 1. The predicted octanol–water partition coefficient (Wildman–Crippen LogP) is 4.29. The van der Waals surface area contributed by atoms with Crippen molar-refractivity contribution >= 4 is 69.3 Å². The SMILES string of the molecule is COC(=O)c1ccc(C2(CI)CCOC(C(Cl)(Cl)Cl)=N2)cc1. The highest BCUT2D eigenvalue weighted by Gasteiger charge is 2.40.